The van der Waals surface area contributed by atoms with Crippen LogP contribution >= 0.6 is 11.6 Å². The van der Waals surface area contributed by atoms with Crippen molar-refractivity contribution < 1.29 is 9.53 Å². The lowest BCUT2D eigenvalue weighted by Crippen LogP contribution is -2.53. The molecule has 6 nitrogen and oxygen atoms in total. The van der Waals surface area contributed by atoms with Crippen molar-refractivity contribution >= 4 is 23.3 Å². The van der Waals surface area contributed by atoms with Crippen LogP contribution in [0.5, 0.6) is 0 Å². The molecule has 0 bridgehead atoms. The maximum Gasteiger partial charge on any atom is 0.242 e. The first-order chi connectivity index (χ1) is 9.15. The van der Waals surface area contributed by atoms with Crippen LogP contribution in [0.1, 0.15) is 24.6 Å². The Morgan fingerprint density at radius 2 is 2.26 bits per heavy atom. The maximum absolute atomic E-state index is 11.5. The fourth-order valence-electron chi connectivity index (χ4n) is 2.21. The molecule has 102 valence electrons. The molecule has 0 radical (unpaired) electrons. The van der Waals surface area contributed by atoms with Gasteiger partial charge in [0, 0.05) is 18.5 Å². The SMILES string of the molecule is NC(=O)C1COCCN1c1cc(Cl)nc(C2CC2)n1. The van der Waals surface area contributed by atoms with Crippen molar-refractivity contribution in [3.8, 4) is 0 Å². The Bertz CT molecular complexity index is 507. The number of morpholine rings is 1. The van der Waals surface area contributed by atoms with Crippen molar-refractivity contribution in [2.45, 2.75) is 24.8 Å². The van der Waals surface area contributed by atoms with Gasteiger partial charge in [0.15, 0.2) is 0 Å². The second-order valence-corrected chi connectivity index (χ2v) is 5.26. The molecule has 1 unspecified atom stereocenters. The Balaban J connectivity index is 1.92. The van der Waals surface area contributed by atoms with Gasteiger partial charge in [0.2, 0.25) is 5.91 Å². The van der Waals surface area contributed by atoms with Gasteiger partial charge >= 0.3 is 0 Å². The molecule has 3 rings (SSSR count). The highest BCUT2D eigenvalue weighted by Gasteiger charge is 2.31. The van der Waals surface area contributed by atoms with Crippen LogP contribution in [0.15, 0.2) is 6.07 Å². The van der Waals surface area contributed by atoms with Crippen LogP contribution in [-0.2, 0) is 9.53 Å². The molecule has 0 spiro atoms. The summed E-state index contributed by atoms with van der Waals surface area (Å²) < 4.78 is 5.30. The molecule has 2 N–H and O–H groups in total. The number of nitrogens with two attached hydrogens (primary N) is 1. The normalized spacial score (nSPS) is 23.4. The number of rotatable bonds is 3. The summed E-state index contributed by atoms with van der Waals surface area (Å²) in [7, 11) is 0. The molecule has 2 fully saturated rings. The summed E-state index contributed by atoms with van der Waals surface area (Å²) in [6.45, 7) is 1.41. The lowest BCUT2D eigenvalue weighted by Gasteiger charge is -2.34. The standard InChI is InChI=1S/C12H15ClN4O2/c13-9-5-10(16-12(15-9)7-1-2-7)17-3-4-19-6-8(17)11(14)18/h5,7-8H,1-4,6H2,(H2,14,18). The number of hydrogen-bond donors (Lipinski definition) is 1. The van der Waals surface area contributed by atoms with Crippen molar-refractivity contribution in [2.75, 3.05) is 24.7 Å². The number of hydrogen-bond acceptors (Lipinski definition) is 5. The third-order valence-electron chi connectivity index (χ3n) is 3.39. The van der Waals surface area contributed by atoms with E-state index in [0.717, 1.165) is 18.7 Å². The number of anilines is 1. The van der Waals surface area contributed by atoms with Crippen LogP contribution in [0, 0.1) is 0 Å². The molecule has 0 aromatic carbocycles. The van der Waals surface area contributed by atoms with Gasteiger partial charge < -0.3 is 15.4 Å². The third kappa shape index (κ3) is 2.64. The number of carbonyl (C=O) groups is 1. The molecule has 1 saturated heterocycles. The van der Waals surface area contributed by atoms with Crippen LogP contribution in [0.2, 0.25) is 5.15 Å². The summed E-state index contributed by atoms with van der Waals surface area (Å²) in [4.78, 5) is 22.1. The number of amides is 1. The van der Waals surface area contributed by atoms with Gasteiger partial charge in [-0.25, -0.2) is 9.97 Å². The van der Waals surface area contributed by atoms with E-state index in [2.05, 4.69) is 9.97 Å². The van der Waals surface area contributed by atoms with E-state index in [0.29, 0.717) is 30.0 Å². The highest BCUT2D eigenvalue weighted by Crippen LogP contribution is 2.39. The zero-order valence-corrected chi connectivity index (χ0v) is 11.1. The Kier molecular flexibility index (Phi) is 3.28. The molecule has 7 heteroatoms. The smallest absolute Gasteiger partial charge is 0.242 e. The highest BCUT2D eigenvalue weighted by molar-refractivity contribution is 6.29. The number of aromatic nitrogens is 2. The van der Waals surface area contributed by atoms with Gasteiger partial charge in [-0.05, 0) is 12.8 Å². The molecule has 1 aliphatic carbocycles. The largest absolute Gasteiger partial charge is 0.377 e. The van der Waals surface area contributed by atoms with E-state index in [9.17, 15) is 4.79 Å². The lowest BCUT2D eigenvalue weighted by atomic mass is 10.2. The minimum atomic E-state index is -0.494. The van der Waals surface area contributed by atoms with Gasteiger partial charge in [-0.1, -0.05) is 11.6 Å². The molecule has 2 heterocycles. The van der Waals surface area contributed by atoms with Crippen molar-refractivity contribution in [1.29, 1.82) is 0 Å². The van der Waals surface area contributed by atoms with E-state index >= 15 is 0 Å². The molecule has 1 amide bonds. The van der Waals surface area contributed by atoms with Crippen LogP contribution in [0.3, 0.4) is 0 Å². The third-order valence-corrected chi connectivity index (χ3v) is 3.59. The summed E-state index contributed by atoms with van der Waals surface area (Å²) >= 11 is 6.04. The lowest BCUT2D eigenvalue weighted by molar-refractivity contribution is -0.121. The average Bonchev–Trinajstić information content (AvgIpc) is 3.22. The van der Waals surface area contributed by atoms with Gasteiger partial charge in [-0.15, -0.1) is 0 Å². The van der Waals surface area contributed by atoms with Crippen molar-refractivity contribution in [1.82, 2.24) is 9.97 Å². The highest BCUT2D eigenvalue weighted by atomic mass is 35.5. The molecular weight excluding hydrogens is 268 g/mol. The number of nitrogens with zero attached hydrogens (tertiary/aromatic N) is 3. The summed E-state index contributed by atoms with van der Waals surface area (Å²) in [6.07, 6.45) is 2.20. The predicted molar refractivity (Wildman–Crippen MR) is 70.2 cm³/mol. The predicted octanol–water partition coefficient (Wildman–Crippen LogP) is 0.698. The molecular formula is C12H15ClN4O2. The topological polar surface area (TPSA) is 81.3 Å². The van der Waals surface area contributed by atoms with Crippen molar-refractivity contribution in [3.63, 3.8) is 0 Å². The van der Waals surface area contributed by atoms with Gasteiger partial charge in [-0.2, -0.15) is 0 Å². The molecule has 1 aromatic heterocycles. The van der Waals surface area contributed by atoms with Gasteiger partial charge in [0.25, 0.3) is 0 Å². The fraction of sp³-hybridized carbons (Fsp3) is 0.583. The molecule has 1 saturated carbocycles. The molecule has 2 aliphatic rings. The Morgan fingerprint density at radius 3 is 2.95 bits per heavy atom. The second kappa shape index (κ2) is 4.94. The number of primary amides is 1. The van der Waals surface area contributed by atoms with Crippen molar-refractivity contribution in [3.05, 3.63) is 17.0 Å². The van der Waals surface area contributed by atoms with Crippen LogP contribution in [-0.4, -0.2) is 41.7 Å². The van der Waals surface area contributed by atoms with Gasteiger partial charge in [-0.3, -0.25) is 4.79 Å². The number of halogens is 1. The minimum absolute atomic E-state index is 0.287. The first-order valence-electron chi connectivity index (χ1n) is 6.33. The van der Waals surface area contributed by atoms with Gasteiger partial charge in [0.1, 0.15) is 22.8 Å². The van der Waals surface area contributed by atoms with Crippen LogP contribution < -0.4 is 10.6 Å². The molecule has 19 heavy (non-hydrogen) atoms. The molecule has 1 aromatic rings. The number of ether oxygens (including phenoxy) is 1. The van der Waals surface area contributed by atoms with E-state index in [1.165, 1.54) is 0 Å². The Labute approximate surface area is 115 Å². The van der Waals surface area contributed by atoms with Gasteiger partial charge in [0.05, 0.1) is 13.2 Å². The average molecular weight is 283 g/mol. The first kappa shape index (κ1) is 12.6. The fourth-order valence-corrected chi connectivity index (χ4v) is 2.39. The maximum atomic E-state index is 11.5. The van der Waals surface area contributed by atoms with Crippen LogP contribution in [0.25, 0.3) is 0 Å². The Morgan fingerprint density at radius 1 is 1.47 bits per heavy atom. The van der Waals surface area contributed by atoms with E-state index in [4.69, 9.17) is 22.1 Å². The zero-order valence-electron chi connectivity index (χ0n) is 10.4. The van der Waals surface area contributed by atoms with E-state index in [1.54, 1.807) is 6.07 Å². The summed E-state index contributed by atoms with van der Waals surface area (Å²) in [5, 5.41) is 0.404. The van der Waals surface area contributed by atoms with E-state index in [-0.39, 0.29) is 6.61 Å². The minimum Gasteiger partial charge on any atom is -0.377 e. The van der Waals surface area contributed by atoms with Crippen molar-refractivity contribution in [2.24, 2.45) is 5.73 Å². The molecule has 1 atom stereocenters. The van der Waals surface area contributed by atoms with E-state index in [1.807, 2.05) is 4.90 Å². The summed E-state index contributed by atoms with van der Waals surface area (Å²) in [6, 6.07) is 1.18. The quantitative estimate of drug-likeness (QED) is 0.825. The molecule has 1 aliphatic heterocycles. The summed E-state index contributed by atoms with van der Waals surface area (Å²) in [5.41, 5.74) is 5.41. The first-order valence-corrected chi connectivity index (χ1v) is 6.71. The monoisotopic (exact) mass is 282 g/mol. The Hall–Kier alpha value is -1.40. The summed E-state index contributed by atoms with van der Waals surface area (Å²) in [5.74, 6) is 1.42. The van der Waals surface area contributed by atoms with E-state index < -0.39 is 11.9 Å². The van der Waals surface area contributed by atoms with Crippen LogP contribution in [0.4, 0.5) is 5.82 Å². The second-order valence-electron chi connectivity index (χ2n) is 4.87. The zero-order chi connectivity index (χ0) is 13.4. The number of carbonyl (C=O) groups excluding carboxylic acids is 1.